The van der Waals surface area contributed by atoms with Crippen LogP contribution in [-0.2, 0) is 26.3 Å². The van der Waals surface area contributed by atoms with Crippen LogP contribution in [0.3, 0.4) is 0 Å². The van der Waals surface area contributed by atoms with Gasteiger partial charge in [0.2, 0.25) is 0 Å². The minimum atomic E-state index is -1.05. The highest BCUT2D eigenvalue weighted by molar-refractivity contribution is 8.11. The van der Waals surface area contributed by atoms with Crippen molar-refractivity contribution in [2.45, 2.75) is 45.6 Å². The molecule has 1 aliphatic heterocycles. The maximum absolute atomic E-state index is 11.5. The SMILES string of the molecule is CC(C)(C)OC(=O)NCCCCC=C1S(=O)CCS1=O. The molecule has 0 aromatic carbocycles. The standard InChI is InChI=1S/C13H23NO4S2/c1-13(2,3)18-12(15)14-8-6-4-5-7-11-19(16)9-10-20(11)17/h7H,4-6,8-10H2,1-3H3,(H,14,15). The Kier molecular flexibility index (Phi) is 6.88. The molecule has 0 spiro atoms. The number of hydrogen-bond acceptors (Lipinski definition) is 4. The zero-order valence-corrected chi connectivity index (χ0v) is 13.9. The third kappa shape index (κ3) is 6.65. The van der Waals surface area contributed by atoms with E-state index < -0.39 is 33.3 Å². The first-order valence-electron chi connectivity index (χ1n) is 6.73. The summed E-state index contributed by atoms with van der Waals surface area (Å²) in [5.41, 5.74) is -0.481. The zero-order valence-electron chi connectivity index (χ0n) is 12.3. The lowest BCUT2D eigenvalue weighted by Crippen LogP contribution is -2.32. The molecular weight excluding hydrogens is 298 g/mol. The molecular formula is C13H23NO4S2. The molecule has 0 bridgehead atoms. The van der Waals surface area contributed by atoms with E-state index in [2.05, 4.69) is 5.32 Å². The van der Waals surface area contributed by atoms with Gasteiger partial charge in [-0.05, 0) is 40.0 Å². The Balaban J connectivity index is 2.14. The highest BCUT2D eigenvalue weighted by atomic mass is 32.2. The minimum absolute atomic E-state index is 0.408. The van der Waals surface area contributed by atoms with Crippen LogP contribution in [-0.4, -0.2) is 38.2 Å². The predicted octanol–water partition coefficient (Wildman–Crippen LogP) is 2.03. The lowest BCUT2D eigenvalue weighted by molar-refractivity contribution is 0.0527. The largest absolute Gasteiger partial charge is 0.444 e. The zero-order chi connectivity index (χ0) is 15.2. The molecule has 0 aromatic heterocycles. The second kappa shape index (κ2) is 7.93. The van der Waals surface area contributed by atoms with Gasteiger partial charge in [0.1, 0.15) is 5.60 Å². The predicted molar refractivity (Wildman–Crippen MR) is 82.2 cm³/mol. The molecule has 1 saturated heterocycles. The average molecular weight is 321 g/mol. The van der Waals surface area contributed by atoms with Gasteiger partial charge in [0.05, 0.1) is 25.8 Å². The Labute approximate surface area is 125 Å². The van der Waals surface area contributed by atoms with E-state index in [1.165, 1.54) is 0 Å². The molecule has 1 rings (SSSR count). The van der Waals surface area contributed by atoms with Gasteiger partial charge in [0.25, 0.3) is 0 Å². The Morgan fingerprint density at radius 2 is 1.85 bits per heavy atom. The molecule has 0 radical (unpaired) electrons. The van der Waals surface area contributed by atoms with E-state index in [9.17, 15) is 13.2 Å². The molecule has 2 unspecified atom stereocenters. The average Bonchev–Trinajstić information content (AvgIpc) is 2.62. The lowest BCUT2D eigenvalue weighted by Gasteiger charge is -2.19. The molecule has 20 heavy (non-hydrogen) atoms. The van der Waals surface area contributed by atoms with Crippen molar-refractivity contribution in [3.63, 3.8) is 0 Å². The number of rotatable bonds is 5. The number of ether oxygens (including phenoxy) is 1. The first-order chi connectivity index (χ1) is 9.29. The second-order valence-electron chi connectivity index (χ2n) is 5.55. The molecule has 116 valence electrons. The van der Waals surface area contributed by atoms with Crippen LogP contribution in [0, 0.1) is 0 Å². The molecule has 1 aliphatic rings. The maximum atomic E-state index is 11.5. The molecule has 0 aromatic rings. The Morgan fingerprint density at radius 1 is 1.25 bits per heavy atom. The van der Waals surface area contributed by atoms with Gasteiger partial charge in [0, 0.05) is 18.1 Å². The van der Waals surface area contributed by atoms with Gasteiger partial charge in [-0.15, -0.1) is 0 Å². The molecule has 1 heterocycles. The van der Waals surface area contributed by atoms with Crippen molar-refractivity contribution >= 4 is 27.7 Å². The third-order valence-corrected chi connectivity index (χ3v) is 6.27. The number of nitrogens with one attached hydrogen (secondary N) is 1. The van der Waals surface area contributed by atoms with Crippen molar-refractivity contribution < 1.29 is 17.9 Å². The van der Waals surface area contributed by atoms with Crippen molar-refractivity contribution in [3.05, 3.63) is 10.3 Å². The molecule has 1 amide bonds. The van der Waals surface area contributed by atoms with E-state index in [1.807, 2.05) is 26.8 Å². The third-order valence-electron chi connectivity index (χ3n) is 2.51. The molecule has 5 nitrogen and oxygen atoms in total. The fraction of sp³-hybridized carbons (Fsp3) is 0.769. The summed E-state index contributed by atoms with van der Waals surface area (Å²) in [7, 11) is -2.09. The van der Waals surface area contributed by atoms with Crippen molar-refractivity contribution in [2.24, 2.45) is 0 Å². The lowest BCUT2D eigenvalue weighted by atomic mass is 10.2. The van der Waals surface area contributed by atoms with Crippen LogP contribution in [0.2, 0.25) is 0 Å². The van der Waals surface area contributed by atoms with Crippen LogP contribution < -0.4 is 5.32 Å². The smallest absolute Gasteiger partial charge is 0.407 e. The monoisotopic (exact) mass is 321 g/mol. The van der Waals surface area contributed by atoms with Gasteiger partial charge >= 0.3 is 6.09 Å². The number of amides is 1. The number of alkyl carbamates (subject to hydrolysis) is 1. The number of carbonyl (C=O) groups is 1. The first-order valence-corrected chi connectivity index (χ1v) is 9.37. The highest BCUT2D eigenvalue weighted by Crippen LogP contribution is 2.18. The van der Waals surface area contributed by atoms with Crippen LogP contribution in [0.4, 0.5) is 4.79 Å². The van der Waals surface area contributed by atoms with Gasteiger partial charge in [-0.3, -0.25) is 8.42 Å². The van der Waals surface area contributed by atoms with E-state index >= 15 is 0 Å². The summed E-state index contributed by atoms with van der Waals surface area (Å²) in [5.74, 6) is 1.03. The summed E-state index contributed by atoms with van der Waals surface area (Å²) in [5, 5.41) is 2.68. The van der Waals surface area contributed by atoms with Crippen LogP contribution in [0.25, 0.3) is 0 Å². The molecule has 0 saturated carbocycles. The molecule has 7 heteroatoms. The fourth-order valence-corrected chi connectivity index (χ4v) is 5.19. The molecule has 1 N–H and O–H groups in total. The van der Waals surface area contributed by atoms with Gasteiger partial charge in [0.15, 0.2) is 0 Å². The van der Waals surface area contributed by atoms with Gasteiger partial charge in [-0.1, -0.05) is 6.08 Å². The summed E-state index contributed by atoms with van der Waals surface area (Å²) in [6.07, 6.45) is 3.82. The topological polar surface area (TPSA) is 72.5 Å². The first kappa shape index (κ1) is 17.4. The normalized spacial score (nSPS) is 22.6. The summed E-state index contributed by atoms with van der Waals surface area (Å²) in [6, 6.07) is 0. The van der Waals surface area contributed by atoms with Crippen molar-refractivity contribution in [3.8, 4) is 0 Å². The summed E-state index contributed by atoms with van der Waals surface area (Å²) in [6.45, 7) is 6.01. The van der Waals surface area contributed by atoms with Crippen molar-refractivity contribution in [1.82, 2.24) is 5.32 Å². The van der Waals surface area contributed by atoms with Crippen LogP contribution in [0.5, 0.6) is 0 Å². The summed E-state index contributed by atoms with van der Waals surface area (Å²) >= 11 is 0. The van der Waals surface area contributed by atoms with E-state index in [1.54, 1.807) is 0 Å². The van der Waals surface area contributed by atoms with Crippen LogP contribution in [0.1, 0.15) is 40.0 Å². The molecule has 1 fully saturated rings. The van der Waals surface area contributed by atoms with Gasteiger partial charge < -0.3 is 10.1 Å². The van der Waals surface area contributed by atoms with Crippen LogP contribution >= 0.6 is 0 Å². The summed E-state index contributed by atoms with van der Waals surface area (Å²) in [4.78, 5) is 11.4. The van der Waals surface area contributed by atoms with Gasteiger partial charge in [-0.2, -0.15) is 0 Å². The highest BCUT2D eigenvalue weighted by Gasteiger charge is 2.22. The quantitative estimate of drug-likeness (QED) is 0.787. The van der Waals surface area contributed by atoms with Crippen molar-refractivity contribution in [2.75, 3.05) is 18.1 Å². The van der Waals surface area contributed by atoms with Crippen molar-refractivity contribution in [1.29, 1.82) is 0 Å². The Bertz CT molecular complexity index is 409. The maximum Gasteiger partial charge on any atom is 0.407 e. The summed E-state index contributed by atoms with van der Waals surface area (Å²) < 4.78 is 28.7. The Morgan fingerprint density at radius 3 is 2.40 bits per heavy atom. The molecule has 0 aliphatic carbocycles. The van der Waals surface area contributed by atoms with Crippen LogP contribution in [0.15, 0.2) is 10.3 Å². The molecule has 2 atom stereocenters. The number of carbonyl (C=O) groups excluding carboxylic acids is 1. The minimum Gasteiger partial charge on any atom is -0.444 e. The number of hydrogen-bond donors (Lipinski definition) is 1. The Hall–Kier alpha value is -0.690. The fourth-order valence-electron chi connectivity index (χ4n) is 1.64. The van der Waals surface area contributed by atoms with E-state index in [0.29, 0.717) is 22.3 Å². The van der Waals surface area contributed by atoms with E-state index in [4.69, 9.17) is 4.74 Å². The number of unbranched alkanes of at least 4 members (excludes halogenated alkanes) is 2. The van der Waals surface area contributed by atoms with E-state index in [0.717, 1.165) is 19.3 Å². The number of allylic oxidation sites excluding steroid dienone is 1. The van der Waals surface area contributed by atoms with E-state index in [-0.39, 0.29) is 0 Å². The second-order valence-corrected chi connectivity index (χ2v) is 8.88. The van der Waals surface area contributed by atoms with Gasteiger partial charge in [-0.25, -0.2) is 4.79 Å².